The monoisotopic (exact) mass is 215 g/mol. The van der Waals surface area contributed by atoms with Crippen molar-refractivity contribution in [3.8, 4) is 0 Å². The van der Waals surface area contributed by atoms with Crippen LogP contribution >= 0.6 is 0 Å². The van der Waals surface area contributed by atoms with E-state index in [4.69, 9.17) is 4.74 Å². The van der Waals surface area contributed by atoms with E-state index in [1.165, 1.54) is 0 Å². The average Bonchev–Trinajstić information content (AvgIpc) is 2.26. The Morgan fingerprint density at radius 3 is 2.93 bits per heavy atom. The number of nitrogens with one attached hydrogen (secondary N) is 2. The summed E-state index contributed by atoms with van der Waals surface area (Å²) in [5, 5.41) is 5.53. The van der Waals surface area contributed by atoms with E-state index in [1.807, 2.05) is 0 Å². The Morgan fingerprint density at radius 2 is 2.40 bits per heavy atom. The summed E-state index contributed by atoms with van der Waals surface area (Å²) >= 11 is 0. The molecule has 1 unspecified atom stereocenters. The number of nitrogens with zero attached hydrogens (tertiary/aromatic N) is 1. The van der Waals surface area contributed by atoms with Crippen molar-refractivity contribution in [2.75, 3.05) is 40.4 Å². The van der Waals surface area contributed by atoms with Gasteiger partial charge in [0.15, 0.2) is 0 Å². The van der Waals surface area contributed by atoms with Crippen LogP contribution in [0.2, 0.25) is 0 Å². The molecule has 1 aliphatic heterocycles. The number of methoxy groups -OCH3 is 1. The van der Waals surface area contributed by atoms with Crippen LogP contribution in [0.25, 0.3) is 0 Å². The minimum atomic E-state index is -0.315. The number of carbonyl (C=O) groups excluding carboxylic acids is 2. The van der Waals surface area contributed by atoms with E-state index >= 15 is 0 Å². The quantitative estimate of drug-likeness (QED) is 0.579. The van der Waals surface area contributed by atoms with Gasteiger partial charge in [-0.05, 0) is 0 Å². The molecule has 6 heteroatoms. The maximum atomic E-state index is 11.8. The van der Waals surface area contributed by atoms with E-state index < -0.39 is 0 Å². The Balaban J connectivity index is 2.35. The van der Waals surface area contributed by atoms with E-state index in [2.05, 4.69) is 10.6 Å². The lowest BCUT2D eigenvalue weighted by molar-refractivity contribution is -0.134. The molecule has 1 rings (SSSR count). The lowest BCUT2D eigenvalue weighted by Crippen LogP contribution is -2.58. The van der Waals surface area contributed by atoms with Crippen LogP contribution in [0.15, 0.2) is 0 Å². The third-order valence-electron chi connectivity index (χ3n) is 2.32. The van der Waals surface area contributed by atoms with Gasteiger partial charge in [-0.15, -0.1) is 0 Å². The highest BCUT2D eigenvalue weighted by Gasteiger charge is 2.25. The molecule has 15 heavy (non-hydrogen) atoms. The predicted molar refractivity (Wildman–Crippen MR) is 54.3 cm³/mol. The molecule has 0 bridgehead atoms. The fourth-order valence-electron chi connectivity index (χ4n) is 1.35. The number of rotatable bonds is 4. The molecule has 2 amide bonds. The van der Waals surface area contributed by atoms with E-state index in [0.717, 1.165) is 0 Å². The molecule has 0 aromatic carbocycles. The van der Waals surface area contributed by atoms with Crippen LogP contribution in [0.5, 0.6) is 0 Å². The smallest absolute Gasteiger partial charge is 0.241 e. The highest BCUT2D eigenvalue weighted by molar-refractivity contribution is 5.86. The molecule has 86 valence electrons. The van der Waals surface area contributed by atoms with Crippen LogP contribution in [0, 0.1) is 0 Å². The van der Waals surface area contributed by atoms with Gasteiger partial charge in [-0.25, -0.2) is 0 Å². The van der Waals surface area contributed by atoms with Gasteiger partial charge in [0.2, 0.25) is 11.8 Å². The summed E-state index contributed by atoms with van der Waals surface area (Å²) in [6.45, 7) is 1.63. The Labute approximate surface area is 88.9 Å². The fraction of sp³-hybridized carbons (Fsp3) is 0.778. The van der Waals surface area contributed by atoms with E-state index in [9.17, 15) is 9.59 Å². The molecule has 1 heterocycles. The van der Waals surface area contributed by atoms with E-state index in [1.54, 1.807) is 19.1 Å². The minimum Gasteiger partial charge on any atom is -0.383 e. The second kappa shape index (κ2) is 5.67. The van der Waals surface area contributed by atoms with Crippen LogP contribution in [0.4, 0.5) is 0 Å². The molecule has 6 nitrogen and oxygen atoms in total. The van der Waals surface area contributed by atoms with E-state index in [0.29, 0.717) is 19.7 Å². The van der Waals surface area contributed by atoms with Crippen molar-refractivity contribution in [2.45, 2.75) is 6.04 Å². The van der Waals surface area contributed by atoms with Gasteiger partial charge in [-0.3, -0.25) is 14.9 Å². The van der Waals surface area contributed by atoms with E-state index in [-0.39, 0.29) is 24.4 Å². The van der Waals surface area contributed by atoms with Crippen LogP contribution in [0.1, 0.15) is 0 Å². The van der Waals surface area contributed by atoms with Gasteiger partial charge >= 0.3 is 0 Å². The number of ether oxygens (including phenoxy) is 1. The molecular weight excluding hydrogens is 198 g/mol. The normalized spacial score (nSPS) is 20.9. The van der Waals surface area contributed by atoms with Gasteiger partial charge in [-0.2, -0.15) is 0 Å². The zero-order valence-corrected chi connectivity index (χ0v) is 9.08. The summed E-state index contributed by atoms with van der Waals surface area (Å²) in [6, 6.07) is -0.315. The SMILES string of the molecule is COCCN(C)C(=O)C1CNC(=O)CN1. The Hall–Kier alpha value is -1.14. The first-order valence-corrected chi connectivity index (χ1v) is 4.89. The van der Waals surface area contributed by atoms with Crippen molar-refractivity contribution in [1.29, 1.82) is 0 Å². The van der Waals surface area contributed by atoms with Crippen molar-refractivity contribution in [3.05, 3.63) is 0 Å². The fourth-order valence-corrected chi connectivity index (χ4v) is 1.35. The molecule has 0 aromatic heterocycles. The van der Waals surface area contributed by atoms with Crippen LogP contribution in [-0.2, 0) is 14.3 Å². The van der Waals surface area contributed by atoms with Crippen molar-refractivity contribution in [3.63, 3.8) is 0 Å². The Kier molecular flexibility index (Phi) is 4.51. The minimum absolute atomic E-state index is 0.0212. The maximum absolute atomic E-state index is 11.8. The largest absolute Gasteiger partial charge is 0.383 e. The topological polar surface area (TPSA) is 70.7 Å². The summed E-state index contributed by atoms with van der Waals surface area (Å²) in [6.07, 6.45) is 0. The van der Waals surface area contributed by atoms with Gasteiger partial charge in [0.25, 0.3) is 0 Å². The molecule has 0 aromatic rings. The molecule has 0 radical (unpaired) electrons. The van der Waals surface area contributed by atoms with Crippen LogP contribution < -0.4 is 10.6 Å². The van der Waals surface area contributed by atoms with Gasteiger partial charge in [0.05, 0.1) is 13.2 Å². The third-order valence-corrected chi connectivity index (χ3v) is 2.32. The number of piperazine rings is 1. The highest BCUT2D eigenvalue weighted by atomic mass is 16.5. The molecule has 2 N–H and O–H groups in total. The molecule has 1 atom stereocenters. The summed E-state index contributed by atoms with van der Waals surface area (Å²) in [7, 11) is 3.32. The summed E-state index contributed by atoms with van der Waals surface area (Å²) < 4.78 is 4.88. The van der Waals surface area contributed by atoms with Gasteiger partial charge in [0, 0.05) is 27.2 Å². The third kappa shape index (κ3) is 3.49. The standard InChI is InChI=1S/C9H17N3O3/c1-12(3-4-15-2)9(14)7-5-11-8(13)6-10-7/h7,10H,3-6H2,1-2H3,(H,11,13). The molecule has 0 aliphatic carbocycles. The second-order valence-corrected chi connectivity index (χ2v) is 3.49. The van der Waals surface area contributed by atoms with Crippen molar-refractivity contribution in [2.24, 2.45) is 0 Å². The first-order chi connectivity index (χ1) is 7.15. The highest BCUT2D eigenvalue weighted by Crippen LogP contribution is 1.95. The predicted octanol–water partition coefficient (Wildman–Crippen LogP) is -1.82. The van der Waals surface area contributed by atoms with Gasteiger partial charge in [0.1, 0.15) is 6.04 Å². The average molecular weight is 215 g/mol. The first-order valence-electron chi connectivity index (χ1n) is 4.89. The molecular formula is C9H17N3O3. The summed E-state index contributed by atoms with van der Waals surface area (Å²) in [5.41, 5.74) is 0. The Bertz CT molecular complexity index is 235. The number of amides is 2. The molecule has 1 saturated heterocycles. The molecule has 1 aliphatic rings. The second-order valence-electron chi connectivity index (χ2n) is 3.49. The lowest BCUT2D eigenvalue weighted by Gasteiger charge is -2.27. The zero-order chi connectivity index (χ0) is 11.3. The number of hydrogen-bond donors (Lipinski definition) is 2. The first kappa shape index (κ1) is 11.9. The lowest BCUT2D eigenvalue weighted by atomic mass is 10.2. The number of hydrogen-bond acceptors (Lipinski definition) is 4. The van der Waals surface area contributed by atoms with Crippen molar-refractivity contribution in [1.82, 2.24) is 15.5 Å². The number of carbonyl (C=O) groups is 2. The number of likely N-dealkylation sites (N-methyl/N-ethyl adjacent to an activating group) is 1. The summed E-state index contributed by atoms with van der Waals surface area (Å²) in [5.74, 6) is -0.0920. The Morgan fingerprint density at radius 1 is 1.67 bits per heavy atom. The van der Waals surface area contributed by atoms with Crippen LogP contribution in [-0.4, -0.2) is 63.2 Å². The molecule has 0 saturated carbocycles. The zero-order valence-electron chi connectivity index (χ0n) is 9.08. The summed E-state index contributed by atoms with van der Waals surface area (Å²) in [4.78, 5) is 24.2. The van der Waals surface area contributed by atoms with Gasteiger partial charge < -0.3 is 15.0 Å². The van der Waals surface area contributed by atoms with Crippen molar-refractivity contribution >= 4 is 11.8 Å². The maximum Gasteiger partial charge on any atom is 0.241 e. The van der Waals surface area contributed by atoms with Crippen LogP contribution in [0.3, 0.4) is 0 Å². The van der Waals surface area contributed by atoms with Crippen molar-refractivity contribution < 1.29 is 14.3 Å². The molecule has 1 fully saturated rings. The molecule has 0 spiro atoms. The van der Waals surface area contributed by atoms with Gasteiger partial charge in [-0.1, -0.05) is 0 Å².